The number of benzene rings is 1. The van der Waals surface area contributed by atoms with Crippen molar-refractivity contribution in [3.05, 3.63) is 43.0 Å². The van der Waals surface area contributed by atoms with Crippen LogP contribution in [0.25, 0.3) is 0 Å². The summed E-state index contributed by atoms with van der Waals surface area (Å²) in [4.78, 5) is 0. The van der Waals surface area contributed by atoms with Gasteiger partial charge in [-0.1, -0.05) is 15.9 Å². The summed E-state index contributed by atoms with van der Waals surface area (Å²) in [5.41, 5.74) is 1.58. The topological polar surface area (TPSA) is 38.7 Å². The molecule has 1 aromatic heterocycles. The molecular weight excluding hydrogens is 396 g/mol. The lowest BCUT2D eigenvalue weighted by atomic mass is 10.0. The van der Waals surface area contributed by atoms with Gasteiger partial charge in [-0.05, 0) is 45.1 Å². The van der Waals surface area contributed by atoms with E-state index in [0.717, 1.165) is 19.4 Å². The molecule has 2 rings (SSSR count). The van der Waals surface area contributed by atoms with Crippen LogP contribution in [0.3, 0.4) is 0 Å². The van der Waals surface area contributed by atoms with Crippen LogP contribution in [-0.4, -0.2) is 19.3 Å². The Labute approximate surface area is 132 Å². The molecule has 0 radical (unpaired) electrons. The van der Waals surface area contributed by atoms with Crippen LogP contribution in [0.1, 0.15) is 17.2 Å². The zero-order valence-corrected chi connectivity index (χ0v) is 14.3. The van der Waals surface area contributed by atoms with Crippen LogP contribution in [0.15, 0.2) is 31.8 Å². The fourth-order valence-electron chi connectivity index (χ4n) is 1.73. The van der Waals surface area contributed by atoms with Gasteiger partial charge in [0.15, 0.2) is 11.5 Å². The first-order valence-corrected chi connectivity index (χ1v) is 7.86. The van der Waals surface area contributed by atoms with Crippen LogP contribution in [-0.2, 0) is 0 Å². The molecule has 3 nitrogen and oxygen atoms in total. The van der Waals surface area contributed by atoms with Crippen LogP contribution in [0, 0.1) is 0 Å². The molecule has 0 saturated heterocycles. The number of halogens is 2. The van der Waals surface area contributed by atoms with Gasteiger partial charge < -0.3 is 14.6 Å². The number of ether oxygens (including phenoxy) is 2. The van der Waals surface area contributed by atoms with E-state index >= 15 is 0 Å². The molecular formula is C13H12Br2O3S. The number of aliphatic hydroxyl groups is 1. The van der Waals surface area contributed by atoms with Crippen molar-refractivity contribution in [1.29, 1.82) is 0 Å². The molecule has 1 atom stereocenters. The second kappa shape index (κ2) is 6.26. The van der Waals surface area contributed by atoms with Gasteiger partial charge in [0.25, 0.3) is 0 Å². The van der Waals surface area contributed by atoms with Crippen molar-refractivity contribution in [2.45, 2.75) is 6.10 Å². The molecule has 0 aliphatic heterocycles. The SMILES string of the molecule is COc1cc(Br)c(C(O)c2csc(Br)c2)cc1OC. The Morgan fingerprint density at radius 2 is 1.74 bits per heavy atom. The standard InChI is InChI=1S/C13H12Br2O3S/c1-17-10-4-8(9(14)5-11(10)18-2)13(16)7-3-12(15)19-6-7/h3-6,13,16H,1-2H3. The Hall–Kier alpha value is -0.560. The molecule has 19 heavy (non-hydrogen) atoms. The van der Waals surface area contributed by atoms with Gasteiger partial charge in [0.05, 0.1) is 18.0 Å². The van der Waals surface area contributed by atoms with Gasteiger partial charge in [-0.15, -0.1) is 11.3 Å². The zero-order chi connectivity index (χ0) is 14.0. The molecule has 0 aliphatic rings. The van der Waals surface area contributed by atoms with E-state index in [1.165, 1.54) is 11.3 Å². The van der Waals surface area contributed by atoms with E-state index in [0.29, 0.717) is 11.5 Å². The molecule has 2 aromatic rings. The highest BCUT2D eigenvalue weighted by atomic mass is 79.9. The summed E-state index contributed by atoms with van der Waals surface area (Å²) in [6.07, 6.45) is -0.711. The highest BCUT2D eigenvalue weighted by Crippen LogP contribution is 2.39. The Morgan fingerprint density at radius 1 is 1.11 bits per heavy atom. The summed E-state index contributed by atoms with van der Waals surface area (Å²) >= 11 is 8.38. The molecule has 1 aromatic carbocycles. The molecule has 1 unspecified atom stereocenters. The van der Waals surface area contributed by atoms with Crippen LogP contribution < -0.4 is 9.47 Å². The summed E-state index contributed by atoms with van der Waals surface area (Å²) in [6, 6.07) is 5.47. The third-order valence-electron chi connectivity index (χ3n) is 2.70. The van der Waals surface area contributed by atoms with E-state index in [-0.39, 0.29) is 0 Å². The molecule has 0 aliphatic carbocycles. The van der Waals surface area contributed by atoms with Crippen molar-refractivity contribution in [1.82, 2.24) is 0 Å². The number of thiophene rings is 1. The largest absolute Gasteiger partial charge is 0.493 e. The fourth-order valence-corrected chi connectivity index (χ4v) is 3.46. The number of aliphatic hydroxyl groups excluding tert-OH is 1. The molecule has 0 amide bonds. The molecule has 6 heteroatoms. The minimum Gasteiger partial charge on any atom is -0.493 e. The second-order valence-corrected chi connectivity index (χ2v) is 6.96. The molecule has 0 spiro atoms. The monoisotopic (exact) mass is 406 g/mol. The van der Waals surface area contributed by atoms with Crippen molar-refractivity contribution >= 4 is 43.2 Å². The molecule has 0 bridgehead atoms. The van der Waals surface area contributed by atoms with Crippen LogP contribution in [0.4, 0.5) is 0 Å². The lowest BCUT2D eigenvalue weighted by molar-refractivity contribution is 0.219. The highest BCUT2D eigenvalue weighted by Gasteiger charge is 2.18. The van der Waals surface area contributed by atoms with Crippen LogP contribution >= 0.6 is 43.2 Å². The maximum absolute atomic E-state index is 10.4. The van der Waals surface area contributed by atoms with E-state index in [1.807, 2.05) is 11.4 Å². The van der Waals surface area contributed by atoms with Gasteiger partial charge in [-0.2, -0.15) is 0 Å². The quantitative estimate of drug-likeness (QED) is 0.817. The number of hydrogen-bond donors (Lipinski definition) is 1. The van der Waals surface area contributed by atoms with E-state index in [2.05, 4.69) is 31.9 Å². The lowest BCUT2D eigenvalue weighted by Crippen LogP contribution is -2.01. The first-order valence-electron chi connectivity index (χ1n) is 5.40. The maximum Gasteiger partial charge on any atom is 0.161 e. The van der Waals surface area contributed by atoms with Gasteiger partial charge in [-0.25, -0.2) is 0 Å². The number of hydrogen-bond acceptors (Lipinski definition) is 4. The zero-order valence-electron chi connectivity index (χ0n) is 10.3. The summed E-state index contributed by atoms with van der Waals surface area (Å²) in [5, 5.41) is 12.3. The summed E-state index contributed by atoms with van der Waals surface area (Å²) in [7, 11) is 3.15. The molecule has 1 heterocycles. The number of methoxy groups -OCH3 is 2. The average molecular weight is 408 g/mol. The van der Waals surface area contributed by atoms with Crippen molar-refractivity contribution < 1.29 is 14.6 Å². The third-order valence-corrected chi connectivity index (χ3v) is 4.91. The normalized spacial score (nSPS) is 12.3. The second-order valence-electron chi connectivity index (χ2n) is 3.82. The lowest BCUT2D eigenvalue weighted by Gasteiger charge is -2.15. The Bertz CT molecular complexity index is 583. The highest BCUT2D eigenvalue weighted by molar-refractivity contribution is 9.11. The van der Waals surface area contributed by atoms with Crippen molar-refractivity contribution in [3.8, 4) is 11.5 Å². The van der Waals surface area contributed by atoms with E-state index in [4.69, 9.17) is 9.47 Å². The fraction of sp³-hybridized carbons (Fsp3) is 0.231. The minimum absolute atomic E-state index is 0.592. The van der Waals surface area contributed by atoms with Crippen molar-refractivity contribution in [3.63, 3.8) is 0 Å². The molecule has 1 N–H and O–H groups in total. The number of rotatable bonds is 4. The Balaban J connectivity index is 2.44. The van der Waals surface area contributed by atoms with E-state index in [9.17, 15) is 5.11 Å². The van der Waals surface area contributed by atoms with E-state index < -0.39 is 6.10 Å². The summed E-state index contributed by atoms with van der Waals surface area (Å²) in [6.45, 7) is 0. The summed E-state index contributed by atoms with van der Waals surface area (Å²) in [5.74, 6) is 1.21. The minimum atomic E-state index is -0.711. The van der Waals surface area contributed by atoms with Crippen molar-refractivity contribution in [2.24, 2.45) is 0 Å². The van der Waals surface area contributed by atoms with Crippen molar-refractivity contribution in [2.75, 3.05) is 14.2 Å². The van der Waals surface area contributed by atoms with E-state index in [1.54, 1.807) is 26.4 Å². The Morgan fingerprint density at radius 3 is 2.26 bits per heavy atom. The maximum atomic E-state index is 10.4. The smallest absolute Gasteiger partial charge is 0.161 e. The molecule has 0 fully saturated rings. The predicted molar refractivity (Wildman–Crippen MR) is 83.3 cm³/mol. The van der Waals surface area contributed by atoms with Gasteiger partial charge in [0.2, 0.25) is 0 Å². The summed E-state index contributed by atoms with van der Waals surface area (Å²) < 4.78 is 12.2. The van der Waals surface area contributed by atoms with Gasteiger partial charge in [0, 0.05) is 10.0 Å². The van der Waals surface area contributed by atoms with Gasteiger partial charge in [0.1, 0.15) is 6.10 Å². The molecule has 102 valence electrons. The molecule has 0 saturated carbocycles. The predicted octanol–water partition coefficient (Wildman–Crippen LogP) is 4.37. The van der Waals surface area contributed by atoms with Crippen LogP contribution in [0.5, 0.6) is 11.5 Å². The Kier molecular flexibility index (Phi) is 4.89. The van der Waals surface area contributed by atoms with Gasteiger partial charge >= 0.3 is 0 Å². The first-order chi connectivity index (χ1) is 9.06. The third kappa shape index (κ3) is 3.13. The van der Waals surface area contributed by atoms with Gasteiger partial charge in [-0.3, -0.25) is 0 Å². The van der Waals surface area contributed by atoms with Crippen LogP contribution in [0.2, 0.25) is 0 Å². The first kappa shape index (κ1) is 14.8. The average Bonchev–Trinajstić information content (AvgIpc) is 2.84.